The molecule has 0 amide bonds. The Balaban J connectivity index is 0.000000320. The van der Waals surface area contributed by atoms with Crippen molar-refractivity contribution in [2.45, 2.75) is 11.7 Å². The highest BCUT2D eigenvalue weighted by Gasteiger charge is 2.25. The summed E-state index contributed by atoms with van der Waals surface area (Å²) in [6.45, 7) is 0.690. The average Bonchev–Trinajstić information content (AvgIpc) is 3.11. The second kappa shape index (κ2) is 15.2. The summed E-state index contributed by atoms with van der Waals surface area (Å²) in [6, 6.07) is 10.3. The van der Waals surface area contributed by atoms with Crippen molar-refractivity contribution in [1.29, 1.82) is 0 Å². The van der Waals surface area contributed by atoms with Crippen molar-refractivity contribution in [3.05, 3.63) is 88.1 Å². The van der Waals surface area contributed by atoms with Gasteiger partial charge in [0, 0.05) is 36.1 Å². The number of carbonyl (C=O) groups is 4. The highest BCUT2D eigenvalue weighted by Crippen LogP contribution is 2.40. The molecule has 0 fully saturated rings. The standard InChI is InChI=1S/C15H15ClN2S.2C4H4O4/c16-14-8-11(10-4-2-1-3-5-10)6-12-7-13(9-17)19-15(12)18-14;2*5-3(6)1-2-4(7)8/h1-6,8,13,18H,7,9,17H2;2*1-2H,(H,5,6)(H,7,8)/b;2*2-1-. The molecular formula is C23H23ClN2O8S. The lowest BCUT2D eigenvalue weighted by Crippen LogP contribution is -2.14. The van der Waals surface area contributed by atoms with E-state index >= 15 is 0 Å². The van der Waals surface area contributed by atoms with E-state index in [0.29, 0.717) is 41.3 Å². The molecule has 2 heterocycles. The first-order valence-corrected chi connectivity index (χ1v) is 11.1. The third-order valence-electron chi connectivity index (χ3n) is 3.98. The van der Waals surface area contributed by atoms with Gasteiger partial charge in [-0.1, -0.05) is 41.9 Å². The van der Waals surface area contributed by atoms with Crippen LogP contribution in [0.15, 0.2) is 82.5 Å². The first kappa shape index (κ1) is 29.2. The number of carboxylic acids is 4. The molecular weight excluding hydrogens is 500 g/mol. The predicted octanol–water partition coefficient (Wildman–Crippen LogP) is 2.85. The van der Waals surface area contributed by atoms with Gasteiger partial charge < -0.3 is 31.5 Å². The molecule has 7 N–H and O–H groups in total. The minimum atomic E-state index is -1.26. The zero-order valence-corrected chi connectivity index (χ0v) is 19.7. The topological polar surface area (TPSA) is 187 Å². The highest BCUT2D eigenvalue weighted by molar-refractivity contribution is 8.03. The van der Waals surface area contributed by atoms with Crippen LogP contribution < -0.4 is 11.1 Å². The Morgan fingerprint density at radius 1 is 0.914 bits per heavy atom. The molecule has 2 aliphatic heterocycles. The number of halogens is 1. The third kappa shape index (κ3) is 12.3. The lowest BCUT2D eigenvalue weighted by atomic mass is 10.0. The van der Waals surface area contributed by atoms with Crippen LogP contribution in [0, 0.1) is 0 Å². The maximum atomic E-state index is 9.55. The van der Waals surface area contributed by atoms with E-state index in [1.807, 2.05) is 24.3 Å². The van der Waals surface area contributed by atoms with Gasteiger partial charge in [0.15, 0.2) is 0 Å². The van der Waals surface area contributed by atoms with Crippen molar-refractivity contribution in [3.8, 4) is 0 Å². The Bertz CT molecular complexity index is 1030. The number of allylic oxidation sites excluding steroid dienone is 4. The third-order valence-corrected chi connectivity index (χ3v) is 5.47. The van der Waals surface area contributed by atoms with E-state index in [1.165, 1.54) is 11.1 Å². The quantitative estimate of drug-likeness (QED) is 0.238. The van der Waals surface area contributed by atoms with Gasteiger partial charge in [-0.2, -0.15) is 0 Å². The Morgan fingerprint density at radius 2 is 1.40 bits per heavy atom. The molecule has 0 radical (unpaired) electrons. The van der Waals surface area contributed by atoms with Gasteiger partial charge in [0.05, 0.1) is 5.03 Å². The van der Waals surface area contributed by atoms with Crippen LogP contribution in [0.3, 0.4) is 0 Å². The summed E-state index contributed by atoms with van der Waals surface area (Å²) in [5.41, 5.74) is 9.38. The van der Waals surface area contributed by atoms with E-state index in [4.69, 9.17) is 37.8 Å². The summed E-state index contributed by atoms with van der Waals surface area (Å²) in [5.74, 6) is -5.03. The first-order valence-electron chi connectivity index (χ1n) is 9.80. The van der Waals surface area contributed by atoms with Crippen LogP contribution in [0.2, 0.25) is 0 Å². The van der Waals surface area contributed by atoms with Crippen molar-refractivity contribution in [3.63, 3.8) is 0 Å². The number of carboxylic acid groups (broad SMARTS) is 4. The molecule has 2 aliphatic rings. The number of thioether (sulfide) groups is 1. The van der Waals surface area contributed by atoms with E-state index in [1.54, 1.807) is 11.8 Å². The van der Waals surface area contributed by atoms with Crippen LogP contribution in [-0.2, 0) is 19.2 Å². The zero-order valence-electron chi connectivity index (χ0n) is 18.1. The summed E-state index contributed by atoms with van der Waals surface area (Å²) in [7, 11) is 0. The summed E-state index contributed by atoms with van der Waals surface area (Å²) in [5, 5.41) is 36.8. The van der Waals surface area contributed by atoms with Gasteiger partial charge in [-0.05, 0) is 35.3 Å². The molecule has 0 saturated heterocycles. The van der Waals surface area contributed by atoms with Crippen molar-refractivity contribution in [1.82, 2.24) is 5.32 Å². The molecule has 35 heavy (non-hydrogen) atoms. The molecule has 1 atom stereocenters. The van der Waals surface area contributed by atoms with Crippen molar-refractivity contribution in [2.75, 3.05) is 6.54 Å². The second-order valence-electron chi connectivity index (χ2n) is 6.64. The van der Waals surface area contributed by atoms with Gasteiger partial charge in [0.1, 0.15) is 5.16 Å². The Kier molecular flexibility index (Phi) is 12.7. The maximum Gasteiger partial charge on any atom is 0.328 e. The van der Waals surface area contributed by atoms with E-state index in [-0.39, 0.29) is 0 Å². The molecule has 0 spiro atoms. The van der Waals surface area contributed by atoms with Crippen molar-refractivity contribution >= 4 is 52.8 Å². The molecule has 10 nitrogen and oxygen atoms in total. The largest absolute Gasteiger partial charge is 0.478 e. The Hall–Kier alpha value is -3.80. The molecule has 3 rings (SSSR count). The predicted molar refractivity (Wildman–Crippen MR) is 132 cm³/mol. The molecule has 12 heteroatoms. The zero-order chi connectivity index (χ0) is 26.4. The molecule has 0 aliphatic carbocycles. The van der Waals surface area contributed by atoms with Crippen LogP contribution in [-0.4, -0.2) is 56.1 Å². The van der Waals surface area contributed by atoms with Crippen LogP contribution >= 0.6 is 23.4 Å². The molecule has 186 valence electrons. The van der Waals surface area contributed by atoms with Crippen LogP contribution in [0.5, 0.6) is 0 Å². The number of hydrogen-bond acceptors (Lipinski definition) is 7. The molecule has 0 aromatic heterocycles. The lowest BCUT2D eigenvalue weighted by Gasteiger charge is -2.08. The monoisotopic (exact) mass is 522 g/mol. The van der Waals surface area contributed by atoms with Gasteiger partial charge in [-0.25, -0.2) is 19.2 Å². The molecule has 1 unspecified atom stereocenters. The van der Waals surface area contributed by atoms with E-state index in [2.05, 4.69) is 23.5 Å². The second-order valence-corrected chi connectivity index (χ2v) is 8.35. The minimum absolute atomic E-state index is 0.452. The summed E-state index contributed by atoms with van der Waals surface area (Å²) >= 11 is 8.04. The number of nitrogens with two attached hydrogens (primary N) is 1. The van der Waals surface area contributed by atoms with E-state index in [9.17, 15) is 19.2 Å². The summed E-state index contributed by atoms with van der Waals surface area (Å²) < 4.78 is 0. The molecule has 1 aromatic carbocycles. The van der Waals surface area contributed by atoms with Crippen LogP contribution in [0.25, 0.3) is 5.57 Å². The van der Waals surface area contributed by atoms with Crippen molar-refractivity contribution < 1.29 is 39.6 Å². The Morgan fingerprint density at radius 3 is 1.83 bits per heavy atom. The lowest BCUT2D eigenvalue weighted by molar-refractivity contribution is -0.134. The summed E-state index contributed by atoms with van der Waals surface area (Å²) in [6.07, 6.45) is 7.43. The van der Waals surface area contributed by atoms with Crippen LogP contribution in [0.4, 0.5) is 0 Å². The first-order chi connectivity index (χ1) is 16.5. The normalized spacial score (nSPS) is 16.5. The fourth-order valence-electron chi connectivity index (χ4n) is 2.58. The highest BCUT2D eigenvalue weighted by atomic mass is 35.5. The maximum absolute atomic E-state index is 9.55. The molecule has 0 bridgehead atoms. The summed E-state index contributed by atoms with van der Waals surface area (Å²) in [4.78, 5) is 38.2. The fraction of sp³-hybridized carbons (Fsp3) is 0.130. The average molecular weight is 523 g/mol. The van der Waals surface area contributed by atoms with Gasteiger partial charge in [-0.3, -0.25) is 0 Å². The SMILES string of the molecule is NCC1CC2=C(NC(Cl)=CC(c3ccccc3)=C2)S1.O=C(O)/C=C\C(=O)O.O=C(O)/C=C\C(=O)O. The number of benzene rings is 1. The van der Waals surface area contributed by atoms with Gasteiger partial charge >= 0.3 is 23.9 Å². The number of aliphatic carboxylic acids is 4. The van der Waals surface area contributed by atoms with E-state index < -0.39 is 23.9 Å². The number of rotatable bonds is 6. The smallest absolute Gasteiger partial charge is 0.328 e. The number of nitrogens with one attached hydrogen (secondary N) is 1. The van der Waals surface area contributed by atoms with Crippen LogP contribution in [0.1, 0.15) is 12.0 Å². The Labute approximate surface area is 209 Å². The van der Waals surface area contributed by atoms with Crippen molar-refractivity contribution in [2.24, 2.45) is 5.73 Å². The van der Waals surface area contributed by atoms with E-state index in [0.717, 1.165) is 17.0 Å². The molecule has 0 saturated carbocycles. The minimum Gasteiger partial charge on any atom is -0.478 e. The molecule has 1 aromatic rings. The fourth-order valence-corrected chi connectivity index (χ4v) is 4.00. The number of hydrogen-bond donors (Lipinski definition) is 6. The van der Waals surface area contributed by atoms with Gasteiger partial charge in [0.25, 0.3) is 0 Å². The van der Waals surface area contributed by atoms with Gasteiger partial charge in [-0.15, -0.1) is 11.8 Å². The van der Waals surface area contributed by atoms with Gasteiger partial charge in [0.2, 0.25) is 0 Å².